The van der Waals surface area contributed by atoms with Gasteiger partial charge in [0, 0.05) is 30.0 Å². The number of aromatic nitrogens is 4. The molecule has 1 atom stereocenters. The first kappa shape index (κ1) is 19.8. The zero-order valence-corrected chi connectivity index (χ0v) is 18.3. The minimum absolute atomic E-state index is 0.499. The Kier molecular flexibility index (Phi) is 4.93. The number of nitrogens with one attached hydrogen (secondary N) is 2. The van der Waals surface area contributed by atoms with E-state index in [1.165, 1.54) is 18.4 Å². The van der Waals surface area contributed by atoms with Gasteiger partial charge in [0.25, 0.3) is 0 Å². The molecule has 2 aromatic heterocycles. The summed E-state index contributed by atoms with van der Waals surface area (Å²) in [5.74, 6) is 0.837. The van der Waals surface area contributed by atoms with E-state index in [0.717, 1.165) is 60.1 Å². The van der Waals surface area contributed by atoms with Crippen LogP contribution < -0.4 is 10.6 Å². The summed E-state index contributed by atoms with van der Waals surface area (Å²) in [7, 11) is 0. The van der Waals surface area contributed by atoms with E-state index in [-0.39, 0.29) is 0 Å². The van der Waals surface area contributed by atoms with Crippen molar-refractivity contribution in [3.05, 3.63) is 72.2 Å². The fraction of sp³-hybridized carbons (Fsp3) is 0.269. The lowest BCUT2D eigenvalue weighted by molar-refractivity contribution is 0.637. The number of hydrogen-bond acceptors (Lipinski definition) is 5. The molecule has 164 valence electrons. The van der Waals surface area contributed by atoms with Gasteiger partial charge in [0.2, 0.25) is 0 Å². The summed E-state index contributed by atoms with van der Waals surface area (Å²) in [4.78, 5) is 0. The normalized spacial score (nSPS) is 17.1. The summed E-state index contributed by atoms with van der Waals surface area (Å²) in [5.41, 5.74) is 7.40. The maximum absolute atomic E-state index is 9.10. The van der Waals surface area contributed by atoms with Gasteiger partial charge < -0.3 is 15.2 Å². The van der Waals surface area contributed by atoms with E-state index in [9.17, 15) is 0 Å². The Bertz CT molecular complexity index is 1330. The van der Waals surface area contributed by atoms with Gasteiger partial charge in [0.15, 0.2) is 5.82 Å². The quantitative estimate of drug-likeness (QED) is 0.444. The van der Waals surface area contributed by atoms with Gasteiger partial charge in [-0.25, -0.2) is 0 Å². The van der Waals surface area contributed by atoms with Crippen LogP contribution in [0.5, 0.6) is 0 Å². The standard InChI is InChI=1S/C26H25N7/c27-14-18-3-5-19(6-4-18)20-13-25-26-31-29-17-33(26)24-8-7-23(12-21(24)16-32(25)15-20)30-22-2-1-10-28-11-9-22/h3-8,12-13,15,17,22,28,30H,1-2,9-11,16H2. The molecule has 4 heterocycles. The van der Waals surface area contributed by atoms with Crippen molar-refractivity contribution in [2.24, 2.45) is 0 Å². The van der Waals surface area contributed by atoms with E-state index in [1.54, 1.807) is 6.33 Å². The molecule has 0 radical (unpaired) electrons. The Balaban J connectivity index is 1.37. The molecule has 6 rings (SSSR count). The third-order valence-electron chi connectivity index (χ3n) is 6.65. The summed E-state index contributed by atoms with van der Waals surface area (Å²) in [6.07, 6.45) is 7.50. The van der Waals surface area contributed by atoms with Crippen LogP contribution in [0.1, 0.15) is 30.4 Å². The Morgan fingerprint density at radius 3 is 2.82 bits per heavy atom. The number of anilines is 1. The van der Waals surface area contributed by atoms with Crippen LogP contribution in [0.15, 0.2) is 61.1 Å². The van der Waals surface area contributed by atoms with Crippen LogP contribution in [-0.4, -0.2) is 38.5 Å². The summed E-state index contributed by atoms with van der Waals surface area (Å²) >= 11 is 0. The fourth-order valence-electron chi connectivity index (χ4n) is 4.93. The number of benzene rings is 2. The van der Waals surface area contributed by atoms with Crippen LogP contribution in [0.3, 0.4) is 0 Å². The molecule has 1 saturated heterocycles. The second-order valence-corrected chi connectivity index (χ2v) is 8.82. The highest BCUT2D eigenvalue weighted by atomic mass is 15.3. The second kappa shape index (κ2) is 8.23. The first-order valence-electron chi connectivity index (χ1n) is 11.5. The number of nitrogens with zero attached hydrogens (tertiary/aromatic N) is 5. The van der Waals surface area contributed by atoms with Gasteiger partial charge in [-0.3, -0.25) is 4.57 Å². The highest BCUT2D eigenvalue weighted by molar-refractivity contribution is 5.72. The Morgan fingerprint density at radius 1 is 1.03 bits per heavy atom. The maximum Gasteiger partial charge on any atom is 0.185 e. The van der Waals surface area contributed by atoms with Crippen LogP contribution >= 0.6 is 0 Å². The van der Waals surface area contributed by atoms with Crippen molar-refractivity contribution < 1.29 is 0 Å². The third kappa shape index (κ3) is 3.69. The van der Waals surface area contributed by atoms with Crippen LogP contribution in [0, 0.1) is 11.3 Å². The van der Waals surface area contributed by atoms with Gasteiger partial charge in [0.05, 0.1) is 23.0 Å². The topological polar surface area (TPSA) is 83.5 Å². The molecule has 0 amide bonds. The Morgan fingerprint density at radius 2 is 1.94 bits per heavy atom. The van der Waals surface area contributed by atoms with E-state index in [2.05, 4.69) is 66.5 Å². The number of hydrogen-bond donors (Lipinski definition) is 2. The van der Waals surface area contributed by atoms with E-state index in [1.807, 2.05) is 24.3 Å². The number of nitriles is 1. The molecular formula is C26H25N7. The summed E-state index contributed by atoms with van der Waals surface area (Å²) in [6.45, 7) is 2.93. The predicted octanol–water partition coefficient (Wildman–Crippen LogP) is 4.19. The fourth-order valence-corrected chi connectivity index (χ4v) is 4.93. The maximum atomic E-state index is 9.10. The Labute approximate surface area is 192 Å². The molecular weight excluding hydrogens is 410 g/mol. The van der Waals surface area contributed by atoms with Crippen LogP contribution in [0.25, 0.3) is 28.3 Å². The van der Waals surface area contributed by atoms with Gasteiger partial charge in [-0.15, -0.1) is 10.2 Å². The highest BCUT2D eigenvalue weighted by Crippen LogP contribution is 2.34. The van der Waals surface area contributed by atoms with Crippen LogP contribution in [0.4, 0.5) is 5.69 Å². The van der Waals surface area contributed by atoms with Gasteiger partial charge in [-0.05, 0) is 79.9 Å². The molecule has 0 spiro atoms. The number of rotatable bonds is 3. The predicted molar refractivity (Wildman–Crippen MR) is 128 cm³/mol. The average molecular weight is 436 g/mol. The molecule has 0 bridgehead atoms. The van der Waals surface area contributed by atoms with Gasteiger partial charge in [0.1, 0.15) is 6.33 Å². The second-order valence-electron chi connectivity index (χ2n) is 8.82. The lowest BCUT2D eigenvalue weighted by atomic mass is 10.1. The molecule has 2 aliphatic rings. The molecule has 2 aromatic carbocycles. The lowest BCUT2D eigenvalue weighted by Gasteiger charge is -2.19. The smallest absolute Gasteiger partial charge is 0.185 e. The van der Waals surface area contributed by atoms with Crippen molar-refractivity contribution in [2.75, 3.05) is 18.4 Å². The summed E-state index contributed by atoms with van der Waals surface area (Å²) < 4.78 is 4.33. The molecule has 2 aliphatic heterocycles. The SMILES string of the molecule is N#Cc1ccc(-c2cc3n(c2)Cc2cc(NC4CCCNCC4)ccc2-n2cnnc2-3)cc1. The van der Waals surface area contributed by atoms with Crippen LogP contribution in [-0.2, 0) is 6.54 Å². The first-order valence-corrected chi connectivity index (χ1v) is 11.5. The molecule has 0 aliphatic carbocycles. The van der Waals surface area contributed by atoms with Gasteiger partial charge in [-0.2, -0.15) is 5.26 Å². The van der Waals surface area contributed by atoms with Crippen molar-refractivity contribution in [1.29, 1.82) is 5.26 Å². The minimum atomic E-state index is 0.499. The lowest BCUT2D eigenvalue weighted by Crippen LogP contribution is -2.21. The van der Waals surface area contributed by atoms with E-state index < -0.39 is 0 Å². The van der Waals surface area contributed by atoms with Crippen molar-refractivity contribution in [3.8, 4) is 34.4 Å². The molecule has 7 heteroatoms. The molecule has 2 N–H and O–H groups in total. The first-order chi connectivity index (χ1) is 16.3. The van der Waals surface area contributed by atoms with E-state index >= 15 is 0 Å². The largest absolute Gasteiger partial charge is 0.382 e. The van der Waals surface area contributed by atoms with Gasteiger partial charge in [-0.1, -0.05) is 12.1 Å². The van der Waals surface area contributed by atoms with Crippen LogP contribution in [0.2, 0.25) is 0 Å². The van der Waals surface area contributed by atoms with Crippen molar-refractivity contribution in [1.82, 2.24) is 24.6 Å². The molecule has 1 fully saturated rings. The molecule has 33 heavy (non-hydrogen) atoms. The van der Waals surface area contributed by atoms with Gasteiger partial charge >= 0.3 is 0 Å². The van der Waals surface area contributed by atoms with Crippen molar-refractivity contribution in [3.63, 3.8) is 0 Å². The molecule has 4 aromatic rings. The average Bonchev–Trinajstić information content (AvgIpc) is 3.37. The van der Waals surface area contributed by atoms with E-state index in [4.69, 9.17) is 5.26 Å². The zero-order chi connectivity index (χ0) is 22.2. The van der Waals surface area contributed by atoms with Crippen molar-refractivity contribution >= 4 is 5.69 Å². The van der Waals surface area contributed by atoms with E-state index in [0.29, 0.717) is 11.6 Å². The third-order valence-corrected chi connectivity index (χ3v) is 6.65. The molecule has 7 nitrogen and oxygen atoms in total. The minimum Gasteiger partial charge on any atom is -0.382 e. The molecule has 0 saturated carbocycles. The monoisotopic (exact) mass is 435 g/mol. The highest BCUT2D eigenvalue weighted by Gasteiger charge is 2.22. The Hall–Kier alpha value is -3.89. The summed E-state index contributed by atoms with van der Waals surface area (Å²) in [6, 6.07) is 19.2. The number of fused-ring (bicyclic) bond motifs is 5. The molecule has 1 unspecified atom stereocenters. The zero-order valence-electron chi connectivity index (χ0n) is 18.3. The van der Waals surface area contributed by atoms with Crippen molar-refractivity contribution in [2.45, 2.75) is 31.8 Å². The summed E-state index contributed by atoms with van der Waals surface area (Å²) in [5, 5.41) is 25.0.